The van der Waals surface area contributed by atoms with E-state index >= 15 is 0 Å². The Morgan fingerprint density at radius 1 is 1.13 bits per heavy atom. The van der Waals surface area contributed by atoms with Crippen LogP contribution in [0.25, 0.3) is 11.3 Å². The molecule has 0 unspecified atom stereocenters. The molecule has 0 atom stereocenters. The highest BCUT2D eigenvalue weighted by Crippen LogP contribution is 2.30. The van der Waals surface area contributed by atoms with Crippen LogP contribution in [0.4, 0.5) is 0 Å². The van der Waals surface area contributed by atoms with Crippen molar-refractivity contribution in [3.05, 3.63) is 64.8 Å². The van der Waals surface area contributed by atoms with Crippen molar-refractivity contribution in [2.75, 3.05) is 0 Å². The van der Waals surface area contributed by atoms with Gasteiger partial charge in [0.15, 0.2) is 5.69 Å². The molecule has 3 aromatic rings. The molecule has 2 aromatic carbocycles. The first kappa shape index (κ1) is 15.1. The molecule has 1 heterocycles. The van der Waals surface area contributed by atoms with Crippen LogP contribution in [-0.4, -0.2) is 21.3 Å². The van der Waals surface area contributed by atoms with Gasteiger partial charge in [-0.3, -0.25) is 4.79 Å². The Labute approximate surface area is 137 Å². The normalized spacial score (nSPS) is 10.5. The molecule has 6 nitrogen and oxygen atoms in total. The van der Waals surface area contributed by atoms with Crippen LogP contribution in [-0.2, 0) is 6.61 Å². The molecule has 3 N–H and O–H groups in total. The van der Waals surface area contributed by atoms with E-state index in [0.29, 0.717) is 28.6 Å². The van der Waals surface area contributed by atoms with E-state index in [1.54, 1.807) is 18.2 Å². The maximum Gasteiger partial charge on any atom is 0.271 e. The minimum absolute atomic E-state index is 0.0683. The molecule has 0 bridgehead atoms. The highest BCUT2D eigenvalue weighted by atomic mass is 35.5. The van der Waals surface area contributed by atoms with Gasteiger partial charge in [-0.05, 0) is 18.2 Å². The van der Waals surface area contributed by atoms with Crippen LogP contribution < -0.4 is 10.5 Å². The number of para-hydroxylation sites is 1. The Balaban J connectivity index is 1.91. The first-order valence-electron chi connectivity index (χ1n) is 6.83. The second-order valence-electron chi connectivity index (χ2n) is 4.76. The van der Waals surface area contributed by atoms with Crippen molar-refractivity contribution in [1.82, 2.24) is 15.4 Å². The van der Waals surface area contributed by atoms with E-state index in [9.17, 15) is 4.79 Å². The van der Waals surface area contributed by atoms with Gasteiger partial charge in [0.25, 0.3) is 5.91 Å². The highest BCUT2D eigenvalue weighted by Gasteiger charge is 2.18. The van der Waals surface area contributed by atoms with Crippen LogP contribution in [0.2, 0.25) is 5.02 Å². The number of nitrogens with two attached hydrogens (primary N) is 1. The van der Waals surface area contributed by atoms with E-state index in [-0.39, 0.29) is 5.69 Å². The summed E-state index contributed by atoms with van der Waals surface area (Å²) in [6.45, 7) is 0.292. The lowest BCUT2D eigenvalue weighted by atomic mass is 10.1. The van der Waals surface area contributed by atoms with E-state index in [2.05, 4.69) is 15.4 Å². The number of nitrogens with one attached hydrogen (secondary N) is 1. The zero-order valence-electron chi connectivity index (χ0n) is 12.0. The molecule has 3 rings (SSSR count). The maximum absolute atomic E-state index is 11.4. The average molecular weight is 329 g/mol. The topological polar surface area (TPSA) is 93.9 Å². The maximum atomic E-state index is 11.4. The Kier molecular flexibility index (Phi) is 4.25. The second kappa shape index (κ2) is 6.50. The number of aromatic nitrogens is 3. The molecule has 23 heavy (non-hydrogen) atoms. The van der Waals surface area contributed by atoms with Gasteiger partial charge in [-0.15, -0.1) is 0 Å². The van der Waals surface area contributed by atoms with Crippen molar-refractivity contribution in [3.63, 3.8) is 0 Å². The third kappa shape index (κ3) is 3.17. The van der Waals surface area contributed by atoms with Crippen molar-refractivity contribution in [2.24, 2.45) is 5.73 Å². The standard InChI is InChI=1S/C16H13ClN4O2/c17-12-7-3-1-5-10(12)9-23-13-8-4-2-6-11(13)14-15(16(18)22)20-21-19-14/h1-8H,9H2,(H2,18,22)(H,19,20,21). The molecule has 116 valence electrons. The number of H-pyrrole nitrogens is 1. The number of ether oxygens (including phenoxy) is 1. The number of carbonyl (C=O) groups is 1. The first-order chi connectivity index (χ1) is 11.2. The van der Waals surface area contributed by atoms with Crippen molar-refractivity contribution in [3.8, 4) is 17.0 Å². The number of primary amides is 1. The van der Waals surface area contributed by atoms with E-state index < -0.39 is 5.91 Å². The number of carbonyl (C=O) groups excluding carboxylic acids is 1. The summed E-state index contributed by atoms with van der Waals surface area (Å²) in [4.78, 5) is 11.4. The lowest BCUT2D eigenvalue weighted by Crippen LogP contribution is -2.13. The van der Waals surface area contributed by atoms with Crippen molar-refractivity contribution in [2.45, 2.75) is 6.61 Å². The summed E-state index contributed by atoms with van der Waals surface area (Å²) in [6, 6.07) is 14.6. The quantitative estimate of drug-likeness (QED) is 0.753. The molecule has 0 spiro atoms. The fourth-order valence-electron chi connectivity index (χ4n) is 2.15. The largest absolute Gasteiger partial charge is 0.488 e. The number of hydrogen-bond donors (Lipinski definition) is 2. The third-order valence-corrected chi connectivity index (χ3v) is 3.63. The number of aromatic amines is 1. The number of hydrogen-bond acceptors (Lipinski definition) is 4. The Morgan fingerprint density at radius 2 is 1.87 bits per heavy atom. The fourth-order valence-corrected chi connectivity index (χ4v) is 2.34. The zero-order valence-corrected chi connectivity index (χ0v) is 12.7. The molecule has 1 aromatic heterocycles. The number of amides is 1. The monoisotopic (exact) mass is 328 g/mol. The van der Waals surface area contributed by atoms with Crippen LogP contribution in [0.3, 0.4) is 0 Å². The summed E-state index contributed by atoms with van der Waals surface area (Å²) in [5.74, 6) is -0.0986. The van der Waals surface area contributed by atoms with Crippen molar-refractivity contribution in [1.29, 1.82) is 0 Å². The van der Waals surface area contributed by atoms with Crippen LogP contribution in [0.15, 0.2) is 48.5 Å². The van der Waals surface area contributed by atoms with Crippen LogP contribution in [0.1, 0.15) is 16.1 Å². The molecular weight excluding hydrogens is 316 g/mol. The molecule has 0 aliphatic carbocycles. The molecule has 0 aliphatic heterocycles. The van der Waals surface area contributed by atoms with Crippen molar-refractivity contribution < 1.29 is 9.53 Å². The van der Waals surface area contributed by atoms with Crippen LogP contribution in [0, 0.1) is 0 Å². The van der Waals surface area contributed by atoms with Gasteiger partial charge in [0.1, 0.15) is 18.1 Å². The minimum atomic E-state index is -0.658. The molecule has 0 aliphatic rings. The highest BCUT2D eigenvalue weighted by molar-refractivity contribution is 6.31. The van der Waals surface area contributed by atoms with E-state index in [4.69, 9.17) is 22.1 Å². The van der Waals surface area contributed by atoms with E-state index in [1.165, 1.54) is 0 Å². The first-order valence-corrected chi connectivity index (χ1v) is 7.21. The molecule has 0 fully saturated rings. The van der Waals surface area contributed by atoms with E-state index in [0.717, 1.165) is 5.56 Å². The Morgan fingerprint density at radius 3 is 2.65 bits per heavy atom. The summed E-state index contributed by atoms with van der Waals surface area (Å²) >= 11 is 6.13. The summed E-state index contributed by atoms with van der Waals surface area (Å²) < 4.78 is 5.84. The Hall–Kier alpha value is -2.86. The summed E-state index contributed by atoms with van der Waals surface area (Å²) in [5, 5.41) is 10.8. The summed E-state index contributed by atoms with van der Waals surface area (Å²) in [6.07, 6.45) is 0. The van der Waals surface area contributed by atoms with Crippen LogP contribution in [0.5, 0.6) is 5.75 Å². The van der Waals surface area contributed by atoms with Gasteiger partial charge in [-0.25, -0.2) is 0 Å². The lowest BCUT2D eigenvalue weighted by molar-refractivity contribution is 0.0996. The van der Waals surface area contributed by atoms with Crippen LogP contribution >= 0.6 is 11.6 Å². The smallest absolute Gasteiger partial charge is 0.271 e. The third-order valence-electron chi connectivity index (χ3n) is 3.26. The van der Waals surface area contributed by atoms with Gasteiger partial charge in [0.2, 0.25) is 0 Å². The number of nitrogens with zero attached hydrogens (tertiary/aromatic N) is 2. The minimum Gasteiger partial charge on any atom is -0.488 e. The van der Waals surface area contributed by atoms with E-state index in [1.807, 2.05) is 30.3 Å². The summed E-state index contributed by atoms with van der Waals surface area (Å²) in [7, 11) is 0. The van der Waals surface area contributed by atoms with Gasteiger partial charge in [-0.2, -0.15) is 15.4 Å². The number of halogens is 1. The van der Waals surface area contributed by atoms with Gasteiger partial charge in [0.05, 0.1) is 0 Å². The van der Waals surface area contributed by atoms with Gasteiger partial charge in [0, 0.05) is 16.1 Å². The molecular formula is C16H13ClN4O2. The lowest BCUT2D eigenvalue weighted by Gasteiger charge is -2.11. The molecule has 0 saturated heterocycles. The van der Waals surface area contributed by atoms with Gasteiger partial charge >= 0.3 is 0 Å². The predicted octanol–water partition coefficient (Wildman–Crippen LogP) is 2.80. The molecule has 0 radical (unpaired) electrons. The Bertz CT molecular complexity index is 847. The fraction of sp³-hybridized carbons (Fsp3) is 0.0625. The number of benzene rings is 2. The SMILES string of the molecule is NC(=O)c1n[nH]nc1-c1ccccc1OCc1ccccc1Cl. The zero-order chi connectivity index (χ0) is 16.2. The second-order valence-corrected chi connectivity index (χ2v) is 5.17. The van der Waals surface area contributed by atoms with Crippen molar-refractivity contribution >= 4 is 17.5 Å². The van der Waals surface area contributed by atoms with Gasteiger partial charge in [-0.1, -0.05) is 41.9 Å². The molecule has 0 saturated carbocycles. The number of rotatable bonds is 5. The van der Waals surface area contributed by atoms with Gasteiger partial charge < -0.3 is 10.5 Å². The predicted molar refractivity (Wildman–Crippen MR) is 86.1 cm³/mol. The molecule has 7 heteroatoms. The summed E-state index contributed by atoms with van der Waals surface area (Å²) in [5.41, 5.74) is 7.22. The molecule has 1 amide bonds. The average Bonchev–Trinajstić information content (AvgIpc) is 3.04.